The van der Waals surface area contributed by atoms with E-state index < -0.39 is 65.0 Å². The van der Waals surface area contributed by atoms with Crippen LogP contribution in [0.15, 0.2) is 48.9 Å². The minimum Gasteiger partial charge on any atom is -0.344 e. The molecule has 5 rings (SSSR count). The Balaban J connectivity index is 1.34. The SMILES string of the molecule is CCC[C@H](NC(=O)[C@@H]1C2CCC[C@H]2CN1C(=O)[C@@H](NC(=O)[C@@H](NC(=O)c1cnccn1)C1CCCCC1)C(C)(C)C)C(=O)C(=O)N[C@@H](C)c1ccccc1. The van der Waals surface area contributed by atoms with Gasteiger partial charge in [0.05, 0.1) is 18.3 Å². The molecule has 2 aromatic rings. The van der Waals surface area contributed by atoms with Crippen LogP contribution in [0.2, 0.25) is 0 Å². The van der Waals surface area contributed by atoms with Gasteiger partial charge in [0.15, 0.2) is 0 Å². The van der Waals surface area contributed by atoms with Crippen molar-refractivity contribution >= 4 is 35.3 Å². The fraction of sp³-hybridized carbons (Fsp3) is 0.610. The van der Waals surface area contributed by atoms with E-state index in [1.807, 2.05) is 58.0 Å². The van der Waals surface area contributed by atoms with E-state index in [2.05, 4.69) is 31.2 Å². The molecule has 3 fully saturated rings. The third-order valence-electron chi connectivity index (χ3n) is 11.4. The predicted molar refractivity (Wildman–Crippen MR) is 202 cm³/mol. The van der Waals surface area contributed by atoms with Crippen LogP contribution in [0.1, 0.15) is 121 Å². The first-order valence-electron chi connectivity index (χ1n) is 19.7. The average Bonchev–Trinajstić information content (AvgIpc) is 3.77. The van der Waals surface area contributed by atoms with Crippen molar-refractivity contribution in [2.24, 2.45) is 23.2 Å². The Hall–Kier alpha value is -4.68. The highest BCUT2D eigenvalue weighted by molar-refractivity contribution is 6.38. The van der Waals surface area contributed by atoms with Crippen LogP contribution < -0.4 is 21.3 Å². The summed E-state index contributed by atoms with van der Waals surface area (Å²) in [5, 5.41) is 11.6. The van der Waals surface area contributed by atoms with Crippen LogP contribution in [0.5, 0.6) is 0 Å². The number of benzene rings is 1. The molecule has 1 aromatic carbocycles. The van der Waals surface area contributed by atoms with Gasteiger partial charge in [0.2, 0.25) is 23.5 Å². The molecule has 2 aliphatic carbocycles. The van der Waals surface area contributed by atoms with E-state index in [0.717, 1.165) is 56.9 Å². The smallest absolute Gasteiger partial charge is 0.290 e. The molecule has 13 nitrogen and oxygen atoms in total. The minimum atomic E-state index is -1.06. The van der Waals surface area contributed by atoms with E-state index in [1.165, 1.54) is 18.6 Å². The second-order valence-corrected chi connectivity index (χ2v) is 16.4. The summed E-state index contributed by atoms with van der Waals surface area (Å²) in [5.74, 6) is -3.49. The molecule has 4 N–H and O–H groups in total. The number of rotatable bonds is 14. The van der Waals surface area contributed by atoms with Gasteiger partial charge < -0.3 is 26.2 Å². The second kappa shape index (κ2) is 18.1. The van der Waals surface area contributed by atoms with Crippen LogP contribution in [0, 0.1) is 23.2 Å². The number of Topliss-reactive ketones (excluding diaryl/α,β-unsaturated/α-hetero) is 1. The molecule has 3 aliphatic rings. The topological polar surface area (TPSA) is 180 Å². The fourth-order valence-electron chi connectivity index (χ4n) is 8.48. The summed E-state index contributed by atoms with van der Waals surface area (Å²) in [6, 6.07) is 5.06. The molecule has 54 heavy (non-hydrogen) atoms. The number of hydrogen-bond acceptors (Lipinski definition) is 8. The summed E-state index contributed by atoms with van der Waals surface area (Å²) in [6.07, 6.45) is 12.0. The number of nitrogens with one attached hydrogen (secondary N) is 4. The first-order valence-corrected chi connectivity index (χ1v) is 19.7. The van der Waals surface area contributed by atoms with Crippen molar-refractivity contribution in [3.8, 4) is 0 Å². The van der Waals surface area contributed by atoms with E-state index in [1.54, 1.807) is 11.8 Å². The number of ketones is 1. The second-order valence-electron chi connectivity index (χ2n) is 16.4. The number of carbonyl (C=O) groups is 6. The van der Waals surface area contributed by atoms with E-state index in [0.29, 0.717) is 13.0 Å². The summed E-state index contributed by atoms with van der Waals surface area (Å²) in [6.45, 7) is 9.61. The zero-order valence-electron chi connectivity index (χ0n) is 32.3. The molecular formula is C41H57N7O6. The van der Waals surface area contributed by atoms with Gasteiger partial charge in [0.1, 0.15) is 23.8 Å². The van der Waals surface area contributed by atoms with Gasteiger partial charge in [-0.1, -0.05) is 90.1 Å². The first-order chi connectivity index (χ1) is 25.8. The van der Waals surface area contributed by atoms with Gasteiger partial charge in [-0.25, -0.2) is 4.98 Å². The lowest BCUT2D eigenvalue weighted by atomic mass is 9.82. The largest absolute Gasteiger partial charge is 0.344 e. The van der Waals surface area contributed by atoms with Gasteiger partial charge >= 0.3 is 0 Å². The normalized spacial score (nSPS) is 22.2. The zero-order valence-corrected chi connectivity index (χ0v) is 32.3. The Bertz CT molecular complexity index is 1640. The zero-order chi connectivity index (χ0) is 39.0. The summed E-state index contributed by atoms with van der Waals surface area (Å²) in [5.41, 5.74) is 0.182. The highest BCUT2D eigenvalue weighted by Crippen LogP contribution is 2.43. The van der Waals surface area contributed by atoms with Crippen molar-refractivity contribution in [3.05, 3.63) is 60.2 Å². The van der Waals surface area contributed by atoms with Crippen LogP contribution in [0.3, 0.4) is 0 Å². The van der Waals surface area contributed by atoms with Gasteiger partial charge in [-0.05, 0) is 67.8 Å². The summed E-state index contributed by atoms with van der Waals surface area (Å²) >= 11 is 0. The van der Waals surface area contributed by atoms with Crippen molar-refractivity contribution in [1.82, 2.24) is 36.1 Å². The molecule has 7 atom stereocenters. The van der Waals surface area contributed by atoms with Crippen molar-refractivity contribution in [1.29, 1.82) is 0 Å². The van der Waals surface area contributed by atoms with Gasteiger partial charge in [0.25, 0.3) is 11.8 Å². The van der Waals surface area contributed by atoms with Crippen LogP contribution in [0.25, 0.3) is 0 Å². The molecule has 1 saturated heterocycles. The van der Waals surface area contributed by atoms with Crippen LogP contribution >= 0.6 is 0 Å². The first kappa shape index (κ1) is 40.5. The maximum absolute atomic E-state index is 14.7. The molecule has 0 radical (unpaired) electrons. The van der Waals surface area contributed by atoms with Crippen LogP contribution in [0.4, 0.5) is 0 Å². The summed E-state index contributed by atoms with van der Waals surface area (Å²) in [4.78, 5) is 92.8. The highest BCUT2D eigenvalue weighted by atomic mass is 16.2. The quantitative estimate of drug-likeness (QED) is 0.209. The highest BCUT2D eigenvalue weighted by Gasteiger charge is 2.52. The number of amides is 5. The lowest BCUT2D eigenvalue weighted by molar-refractivity contribution is -0.146. The number of carbonyl (C=O) groups excluding carboxylic acids is 6. The fourth-order valence-corrected chi connectivity index (χ4v) is 8.48. The molecule has 2 heterocycles. The number of aromatic nitrogens is 2. The number of likely N-dealkylation sites (tertiary alicyclic amines) is 1. The van der Waals surface area contributed by atoms with E-state index >= 15 is 0 Å². The number of fused-ring (bicyclic) bond motifs is 1. The summed E-state index contributed by atoms with van der Waals surface area (Å²) < 4.78 is 0. The standard InChI is InChI=1S/C41H57N7O6/c1-6-14-30(34(49)39(53)44-25(2)26-15-9-7-10-16-26)45-38(52)33-29-20-13-19-28(29)24-48(33)40(54)35(41(3,4)5)47-37(51)32(27-17-11-8-12-18-27)46-36(50)31-23-42-21-22-43-31/h7,9-10,15-16,21-23,25,27-30,32-33,35H,6,8,11-14,17-20,24H2,1-5H3,(H,44,53)(H,45,52)(H,46,50)(H,47,51)/t25-,28-,29?,30-,32-,33-,35+/m0/s1. The maximum Gasteiger partial charge on any atom is 0.290 e. The lowest BCUT2D eigenvalue weighted by Crippen LogP contribution is -2.62. The van der Waals surface area contributed by atoms with Crippen molar-refractivity contribution < 1.29 is 28.8 Å². The third kappa shape index (κ3) is 9.70. The minimum absolute atomic E-state index is 0.0927. The predicted octanol–water partition coefficient (Wildman–Crippen LogP) is 4.04. The van der Waals surface area contributed by atoms with Crippen LogP contribution in [-0.4, -0.2) is 80.9 Å². The Labute approximate surface area is 318 Å². The Kier molecular flexibility index (Phi) is 13.6. The molecule has 292 valence electrons. The summed E-state index contributed by atoms with van der Waals surface area (Å²) in [7, 11) is 0. The Morgan fingerprint density at radius 3 is 2.24 bits per heavy atom. The van der Waals surface area contributed by atoms with Gasteiger partial charge in [-0.15, -0.1) is 0 Å². The molecule has 1 aliphatic heterocycles. The maximum atomic E-state index is 14.7. The monoisotopic (exact) mass is 743 g/mol. The number of hydrogen-bond donors (Lipinski definition) is 4. The van der Waals surface area contributed by atoms with Crippen molar-refractivity contribution in [2.45, 2.75) is 129 Å². The Morgan fingerprint density at radius 1 is 0.870 bits per heavy atom. The lowest BCUT2D eigenvalue weighted by Gasteiger charge is -2.38. The van der Waals surface area contributed by atoms with E-state index in [-0.39, 0.29) is 35.8 Å². The molecule has 13 heteroatoms. The van der Waals surface area contributed by atoms with Gasteiger partial charge in [-0.3, -0.25) is 33.8 Å². The van der Waals surface area contributed by atoms with E-state index in [9.17, 15) is 28.8 Å². The molecule has 1 unspecified atom stereocenters. The molecule has 1 aromatic heterocycles. The van der Waals surface area contributed by atoms with Gasteiger partial charge in [-0.2, -0.15) is 0 Å². The average molecular weight is 744 g/mol. The van der Waals surface area contributed by atoms with Crippen molar-refractivity contribution in [2.75, 3.05) is 6.54 Å². The number of nitrogens with zero attached hydrogens (tertiary/aromatic N) is 3. The third-order valence-corrected chi connectivity index (χ3v) is 11.4. The van der Waals surface area contributed by atoms with Crippen molar-refractivity contribution in [3.63, 3.8) is 0 Å². The van der Waals surface area contributed by atoms with Gasteiger partial charge in [0, 0.05) is 18.9 Å². The van der Waals surface area contributed by atoms with E-state index in [4.69, 9.17) is 0 Å². The van der Waals surface area contributed by atoms with Crippen LogP contribution in [-0.2, 0) is 24.0 Å². The molecular weight excluding hydrogens is 686 g/mol. The molecule has 0 spiro atoms. The molecule has 0 bridgehead atoms. The molecule has 2 saturated carbocycles. The molecule has 5 amide bonds. The Morgan fingerprint density at radius 2 is 1.59 bits per heavy atom.